The summed E-state index contributed by atoms with van der Waals surface area (Å²) < 4.78 is 0. The smallest absolute Gasteiger partial charge is 0.0183 e. The molecule has 0 fully saturated rings. The molecule has 0 heterocycles. The fourth-order valence-corrected chi connectivity index (χ4v) is 2.06. The Labute approximate surface area is 90.8 Å². The van der Waals surface area contributed by atoms with E-state index in [2.05, 4.69) is 41.2 Å². The summed E-state index contributed by atoms with van der Waals surface area (Å²) in [7, 11) is 0. The molecule has 0 aromatic heterocycles. The van der Waals surface area contributed by atoms with Crippen LogP contribution >= 0.6 is 0 Å². The van der Waals surface area contributed by atoms with Crippen LogP contribution in [0.5, 0.6) is 0 Å². The molecule has 0 radical (unpaired) electrons. The second-order valence-corrected chi connectivity index (χ2v) is 5.01. The Kier molecular flexibility index (Phi) is 6.96. The zero-order valence-corrected chi connectivity index (χ0v) is 10.8. The molecule has 0 aliphatic rings. The summed E-state index contributed by atoms with van der Waals surface area (Å²) in [4.78, 5) is 0. The summed E-state index contributed by atoms with van der Waals surface area (Å²) in [5.41, 5.74) is 1.48. The molecule has 84 valence electrons. The summed E-state index contributed by atoms with van der Waals surface area (Å²) in [6.07, 6.45) is 5.09. The van der Waals surface area contributed by atoms with Gasteiger partial charge in [0.2, 0.25) is 0 Å². The van der Waals surface area contributed by atoms with E-state index in [1.54, 1.807) is 0 Å². The normalized spacial score (nSPS) is 15.6. The van der Waals surface area contributed by atoms with Crippen LogP contribution in [0.25, 0.3) is 0 Å². The summed E-state index contributed by atoms with van der Waals surface area (Å²) in [6, 6.07) is 0. The van der Waals surface area contributed by atoms with Gasteiger partial charge in [0.05, 0.1) is 0 Å². The number of allylic oxidation sites excluding steroid dienone is 1. The largest absolute Gasteiger partial charge is 0.0996 e. The Morgan fingerprint density at radius 1 is 1.14 bits per heavy atom. The highest BCUT2D eigenvalue weighted by Gasteiger charge is 2.16. The van der Waals surface area contributed by atoms with Crippen LogP contribution in [0.1, 0.15) is 60.3 Å². The standard InChI is InChI=1S/C14H28/c1-7-9-14(11(3)4)13(6)10-12(5)8-2/h11-12,14H,6-10H2,1-5H3. The van der Waals surface area contributed by atoms with Crippen LogP contribution in [0.15, 0.2) is 12.2 Å². The number of hydrogen-bond donors (Lipinski definition) is 0. The average molecular weight is 196 g/mol. The minimum atomic E-state index is 0.744. The second-order valence-electron chi connectivity index (χ2n) is 5.01. The van der Waals surface area contributed by atoms with Crippen LogP contribution in [-0.2, 0) is 0 Å². The fourth-order valence-electron chi connectivity index (χ4n) is 2.06. The van der Waals surface area contributed by atoms with Gasteiger partial charge < -0.3 is 0 Å². The first-order valence-electron chi connectivity index (χ1n) is 6.20. The Morgan fingerprint density at radius 3 is 2.07 bits per heavy atom. The van der Waals surface area contributed by atoms with E-state index < -0.39 is 0 Å². The van der Waals surface area contributed by atoms with Gasteiger partial charge in [0.25, 0.3) is 0 Å². The molecule has 2 atom stereocenters. The molecule has 0 spiro atoms. The van der Waals surface area contributed by atoms with Gasteiger partial charge in [-0.25, -0.2) is 0 Å². The third-order valence-electron chi connectivity index (χ3n) is 3.24. The molecular formula is C14H28. The second kappa shape index (κ2) is 7.09. The number of hydrogen-bond acceptors (Lipinski definition) is 0. The zero-order chi connectivity index (χ0) is 11.1. The Morgan fingerprint density at radius 2 is 1.71 bits per heavy atom. The highest BCUT2D eigenvalue weighted by molar-refractivity contribution is 5.02. The first kappa shape index (κ1) is 13.7. The van der Waals surface area contributed by atoms with Crippen LogP contribution in [0.4, 0.5) is 0 Å². The molecule has 0 amide bonds. The summed E-state index contributed by atoms with van der Waals surface area (Å²) in [5.74, 6) is 2.31. The molecule has 0 aliphatic carbocycles. The van der Waals surface area contributed by atoms with Crippen molar-refractivity contribution in [1.29, 1.82) is 0 Å². The van der Waals surface area contributed by atoms with E-state index >= 15 is 0 Å². The van der Waals surface area contributed by atoms with Crippen molar-refractivity contribution in [2.75, 3.05) is 0 Å². The lowest BCUT2D eigenvalue weighted by Crippen LogP contribution is -2.13. The molecule has 0 aromatic carbocycles. The van der Waals surface area contributed by atoms with Crippen molar-refractivity contribution < 1.29 is 0 Å². The molecule has 0 aromatic rings. The quantitative estimate of drug-likeness (QED) is 0.500. The maximum atomic E-state index is 4.28. The maximum absolute atomic E-state index is 4.28. The van der Waals surface area contributed by atoms with Crippen molar-refractivity contribution in [3.63, 3.8) is 0 Å². The third kappa shape index (κ3) is 4.83. The van der Waals surface area contributed by atoms with Crippen molar-refractivity contribution in [2.45, 2.75) is 60.3 Å². The predicted octanol–water partition coefficient (Wildman–Crippen LogP) is 5.05. The molecular weight excluding hydrogens is 168 g/mol. The van der Waals surface area contributed by atoms with Crippen LogP contribution < -0.4 is 0 Å². The molecule has 0 rings (SSSR count). The van der Waals surface area contributed by atoms with Gasteiger partial charge in [-0.05, 0) is 30.6 Å². The molecule has 0 saturated carbocycles. The topological polar surface area (TPSA) is 0 Å². The molecule has 0 N–H and O–H groups in total. The van der Waals surface area contributed by atoms with Gasteiger partial charge in [-0.2, -0.15) is 0 Å². The first-order valence-corrected chi connectivity index (χ1v) is 6.20. The maximum Gasteiger partial charge on any atom is -0.0183 e. The minimum Gasteiger partial charge on any atom is -0.0996 e. The summed E-state index contributed by atoms with van der Waals surface area (Å²) >= 11 is 0. The van der Waals surface area contributed by atoms with Gasteiger partial charge in [0, 0.05) is 0 Å². The first-order chi connectivity index (χ1) is 6.52. The zero-order valence-electron chi connectivity index (χ0n) is 10.8. The van der Waals surface area contributed by atoms with Gasteiger partial charge in [0.1, 0.15) is 0 Å². The van der Waals surface area contributed by atoms with E-state index in [0.717, 1.165) is 17.8 Å². The lowest BCUT2D eigenvalue weighted by atomic mass is 9.81. The SMILES string of the molecule is C=C(CC(C)CC)C(CCC)C(C)C. The van der Waals surface area contributed by atoms with E-state index in [0.29, 0.717) is 0 Å². The van der Waals surface area contributed by atoms with Gasteiger partial charge in [-0.1, -0.05) is 59.6 Å². The highest BCUT2D eigenvalue weighted by atomic mass is 14.2. The van der Waals surface area contributed by atoms with Crippen molar-refractivity contribution in [3.8, 4) is 0 Å². The van der Waals surface area contributed by atoms with Gasteiger partial charge in [-0.15, -0.1) is 0 Å². The van der Waals surface area contributed by atoms with Crippen molar-refractivity contribution in [3.05, 3.63) is 12.2 Å². The molecule has 2 unspecified atom stereocenters. The van der Waals surface area contributed by atoms with Gasteiger partial charge in [-0.3, -0.25) is 0 Å². The molecule has 0 aliphatic heterocycles. The van der Waals surface area contributed by atoms with Crippen molar-refractivity contribution in [1.82, 2.24) is 0 Å². The van der Waals surface area contributed by atoms with Crippen LogP contribution in [0.2, 0.25) is 0 Å². The molecule has 0 nitrogen and oxygen atoms in total. The molecule has 14 heavy (non-hydrogen) atoms. The van der Waals surface area contributed by atoms with E-state index in [1.807, 2.05) is 0 Å². The van der Waals surface area contributed by atoms with Crippen LogP contribution in [0.3, 0.4) is 0 Å². The van der Waals surface area contributed by atoms with Crippen LogP contribution in [-0.4, -0.2) is 0 Å². The van der Waals surface area contributed by atoms with Crippen molar-refractivity contribution in [2.24, 2.45) is 17.8 Å². The van der Waals surface area contributed by atoms with E-state index in [4.69, 9.17) is 0 Å². The van der Waals surface area contributed by atoms with E-state index in [9.17, 15) is 0 Å². The van der Waals surface area contributed by atoms with E-state index in [-0.39, 0.29) is 0 Å². The predicted molar refractivity (Wildman–Crippen MR) is 66.4 cm³/mol. The lowest BCUT2D eigenvalue weighted by Gasteiger charge is -2.24. The molecule has 0 saturated heterocycles. The third-order valence-corrected chi connectivity index (χ3v) is 3.24. The highest BCUT2D eigenvalue weighted by Crippen LogP contribution is 2.29. The van der Waals surface area contributed by atoms with Gasteiger partial charge >= 0.3 is 0 Å². The van der Waals surface area contributed by atoms with Gasteiger partial charge in [0.15, 0.2) is 0 Å². The molecule has 0 heteroatoms. The van der Waals surface area contributed by atoms with E-state index in [1.165, 1.54) is 31.3 Å². The number of rotatable bonds is 7. The summed E-state index contributed by atoms with van der Waals surface area (Å²) in [5, 5.41) is 0. The Bertz CT molecular complexity index is 155. The molecule has 0 bridgehead atoms. The Hall–Kier alpha value is -0.260. The monoisotopic (exact) mass is 196 g/mol. The minimum absolute atomic E-state index is 0.744. The van der Waals surface area contributed by atoms with Crippen LogP contribution in [0, 0.1) is 17.8 Å². The lowest BCUT2D eigenvalue weighted by molar-refractivity contribution is 0.384. The van der Waals surface area contributed by atoms with Crippen molar-refractivity contribution >= 4 is 0 Å². The summed E-state index contributed by atoms with van der Waals surface area (Å²) in [6.45, 7) is 15.8. The fraction of sp³-hybridized carbons (Fsp3) is 0.857. The average Bonchev–Trinajstić information content (AvgIpc) is 2.13. The Balaban J connectivity index is 4.15.